The molecule has 0 radical (unpaired) electrons. The van der Waals surface area contributed by atoms with Crippen molar-refractivity contribution in [3.05, 3.63) is 47.5 Å². The first-order valence-corrected chi connectivity index (χ1v) is 7.71. The molecule has 6 heteroatoms. The first kappa shape index (κ1) is 17.2. The third-order valence-electron chi connectivity index (χ3n) is 3.97. The van der Waals surface area contributed by atoms with E-state index < -0.39 is 12.0 Å². The van der Waals surface area contributed by atoms with Gasteiger partial charge in [-0.05, 0) is 24.9 Å². The number of carboxylic acid groups (broad SMARTS) is 1. The Morgan fingerprint density at radius 2 is 2.00 bits per heavy atom. The Morgan fingerprint density at radius 1 is 1.30 bits per heavy atom. The van der Waals surface area contributed by atoms with Crippen LogP contribution in [-0.2, 0) is 16.0 Å². The van der Waals surface area contributed by atoms with Crippen LogP contribution >= 0.6 is 0 Å². The van der Waals surface area contributed by atoms with E-state index in [2.05, 4.69) is 10.6 Å². The number of nitrogens with two attached hydrogens (primary N) is 1. The quantitative estimate of drug-likeness (QED) is 0.609. The van der Waals surface area contributed by atoms with E-state index in [1.807, 2.05) is 30.3 Å². The van der Waals surface area contributed by atoms with Crippen LogP contribution in [0.3, 0.4) is 0 Å². The molecule has 5 N–H and O–H groups in total. The summed E-state index contributed by atoms with van der Waals surface area (Å²) in [6.45, 7) is 2.10. The Bertz CT molecular complexity index is 586. The molecule has 1 aliphatic rings. The molecule has 0 fully saturated rings. The molecule has 0 aliphatic heterocycles. The number of nitrogens with one attached hydrogen (secondary N) is 2. The predicted octanol–water partition coefficient (Wildman–Crippen LogP) is 0.434. The average Bonchev–Trinajstić information content (AvgIpc) is 2.50. The SMILES string of the molecule is CC(=O)NC1C(N)CC(C(=O)O)=CC1NCCc1ccccc1. The lowest BCUT2D eigenvalue weighted by Crippen LogP contribution is -2.60. The molecule has 3 atom stereocenters. The number of carboxylic acids is 1. The van der Waals surface area contributed by atoms with Gasteiger partial charge in [0.1, 0.15) is 0 Å². The number of hydrogen-bond donors (Lipinski definition) is 4. The van der Waals surface area contributed by atoms with Gasteiger partial charge in [-0.25, -0.2) is 4.79 Å². The van der Waals surface area contributed by atoms with E-state index in [0.717, 1.165) is 6.42 Å². The topological polar surface area (TPSA) is 104 Å². The van der Waals surface area contributed by atoms with Crippen LogP contribution in [0.1, 0.15) is 18.9 Å². The monoisotopic (exact) mass is 317 g/mol. The highest BCUT2D eigenvalue weighted by atomic mass is 16.4. The summed E-state index contributed by atoms with van der Waals surface area (Å²) in [5, 5.41) is 15.3. The Morgan fingerprint density at radius 3 is 2.61 bits per heavy atom. The predicted molar refractivity (Wildman–Crippen MR) is 87.9 cm³/mol. The van der Waals surface area contributed by atoms with E-state index in [1.54, 1.807) is 6.08 Å². The molecule has 0 spiro atoms. The molecular formula is C17H23N3O3. The summed E-state index contributed by atoms with van der Waals surface area (Å²) in [5.74, 6) is -1.14. The maximum Gasteiger partial charge on any atom is 0.331 e. The molecule has 2 rings (SSSR count). The van der Waals surface area contributed by atoms with Gasteiger partial charge >= 0.3 is 5.97 Å². The van der Waals surface area contributed by atoms with Crippen LogP contribution in [0, 0.1) is 0 Å². The summed E-state index contributed by atoms with van der Waals surface area (Å²) in [7, 11) is 0. The van der Waals surface area contributed by atoms with Crippen molar-refractivity contribution in [3.8, 4) is 0 Å². The maximum absolute atomic E-state index is 11.4. The zero-order valence-electron chi connectivity index (χ0n) is 13.2. The van der Waals surface area contributed by atoms with Gasteiger partial charge in [-0.2, -0.15) is 0 Å². The second-order valence-corrected chi connectivity index (χ2v) is 5.81. The first-order chi connectivity index (χ1) is 11.0. The van der Waals surface area contributed by atoms with Crippen LogP contribution in [-0.4, -0.2) is 41.7 Å². The Kier molecular flexibility index (Phi) is 5.90. The first-order valence-electron chi connectivity index (χ1n) is 7.71. The van der Waals surface area contributed by atoms with Gasteiger partial charge in [0, 0.05) is 24.6 Å². The number of amides is 1. The van der Waals surface area contributed by atoms with Crippen molar-refractivity contribution >= 4 is 11.9 Å². The van der Waals surface area contributed by atoms with Crippen molar-refractivity contribution in [2.75, 3.05) is 6.54 Å². The number of rotatable bonds is 6. The largest absolute Gasteiger partial charge is 0.478 e. The minimum absolute atomic E-state index is 0.174. The molecule has 0 aromatic heterocycles. The smallest absolute Gasteiger partial charge is 0.331 e. The van der Waals surface area contributed by atoms with Gasteiger partial charge in [0.05, 0.1) is 6.04 Å². The molecule has 0 heterocycles. The molecular weight excluding hydrogens is 294 g/mol. The highest BCUT2D eigenvalue weighted by Gasteiger charge is 2.33. The molecule has 1 amide bonds. The second-order valence-electron chi connectivity index (χ2n) is 5.81. The van der Waals surface area contributed by atoms with E-state index in [-0.39, 0.29) is 30.0 Å². The van der Waals surface area contributed by atoms with Crippen LogP contribution in [0.25, 0.3) is 0 Å². The van der Waals surface area contributed by atoms with Crippen molar-refractivity contribution in [2.45, 2.75) is 37.9 Å². The Balaban J connectivity index is 2.04. The van der Waals surface area contributed by atoms with Crippen LogP contribution in [0.5, 0.6) is 0 Å². The third-order valence-corrected chi connectivity index (χ3v) is 3.97. The van der Waals surface area contributed by atoms with Gasteiger partial charge in [0.2, 0.25) is 5.91 Å². The standard InChI is InChI=1S/C17H23N3O3/c1-11(21)20-16-14(18)9-13(17(22)23)10-15(16)19-8-7-12-5-3-2-4-6-12/h2-6,10,14-16,19H,7-9,18H2,1H3,(H,20,21)(H,22,23). The van der Waals surface area contributed by atoms with Gasteiger partial charge in [-0.15, -0.1) is 0 Å². The second kappa shape index (κ2) is 7.89. The summed E-state index contributed by atoms with van der Waals surface area (Å²) >= 11 is 0. The number of aliphatic carboxylic acids is 1. The minimum atomic E-state index is -0.961. The molecule has 1 aliphatic carbocycles. The lowest BCUT2D eigenvalue weighted by molar-refractivity contribution is -0.133. The molecule has 6 nitrogen and oxygen atoms in total. The molecule has 1 aromatic carbocycles. The van der Waals surface area contributed by atoms with Crippen LogP contribution in [0.4, 0.5) is 0 Å². The maximum atomic E-state index is 11.4. The summed E-state index contributed by atoms with van der Waals surface area (Å²) in [6.07, 6.45) is 2.73. The highest BCUT2D eigenvalue weighted by molar-refractivity contribution is 5.87. The lowest BCUT2D eigenvalue weighted by atomic mass is 9.86. The van der Waals surface area contributed by atoms with Gasteiger partial charge in [0.25, 0.3) is 0 Å². The third kappa shape index (κ3) is 4.91. The molecule has 23 heavy (non-hydrogen) atoms. The van der Waals surface area contributed by atoms with E-state index in [0.29, 0.717) is 6.54 Å². The van der Waals surface area contributed by atoms with Crippen LogP contribution in [0.15, 0.2) is 42.0 Å². The molecule has 3 unspecified atom stereocenters. The lowest BCUT2D eigenvalue weighted by Gasteiger charge is -2.35. The van der Waals surface area contributed by atoms with E-state index in [9.17, 15) is 14.7 Å². The number of benzene rings is 1. The van der Waals surface area contributed by atoms with E-state index in [1.165, 1.54) is 12.5 Å². The fourth-order valence-electron chi connectivity index (χ4n) is 2.84. The van der Waals surface area contributed by atoms with Crippen molar-refractivity contribution in [2.24, 2.45) is 5.73 Å². The van der Waals surface area contributed by atoms with Gasteiger partial charge in [-0.3, -0.25) is 4.79 Å². The van der Waals surface area contributed by atoms with Crippen LogP contribution in [0.2, 0.25) is 0 Å². The number of carbonyl (C=O) groups is 2. The van der Waals surface area contributed by atoms with Gasteiger partial charge in [0.15, 0.2) is 0 Å². The molecule has 0 saturated carbocycles. The summed E-state index contributed by atoms with van der Waals surface area (Å²) in [6, 6.07) is 8.97. The zero-order chi connectivity index (χ0) is 16.8. The molecule has 0 bridgehead atoms. The van der Waals surface area contributed by atoms with E-state index in [4.69, 9.17) is 5.73 Å². The number of carbonyl (C=O) groups excluding carboxylic acids is 1. The number of hydrogen-bond acceptors (Lipinski definition) is 4. The fourth-order valence-corrected chi connectivity index (χ4v) is 2.84. The van der Waals surface area contributed by atoms with Crippen molar-refractivity contribution in [1.82, 2.24) is 10.6 Å². The zero-order valence-corrected chi connectivity index (χ0v) is 13.2. The highest BCUT2D eigenvalue weighted by Crippen LogP contribution is 2.18. The Labute approximate surface area is 135 Å². The fraction of sp³-hybridized carbons (Fsp3) is 0.412. The van der Waals surface area contributed by atoms with Crippen molar-refractivity contribution in [3.63, 3.8) is 0 Å². The summed E-state index contributed by atoms with van der Waals surface area (Å²) in [5.41, 5.74) is 7.55. The van der Waals surface area contributed by atoms with Crippen LogP contribution < -0.4 is 16.4 Å². The normalized spacial score (nSPS) is 23.9. The minimum Gasteiger partial charge on any atom is -0.478 e. The van der Waals surface area contributed by atoms with Crippen molar-refractivity contribution < 1.29 is 14.7 Å². The molecule has 124 valence electrons. The summed E-state index contributed by atoms with van der Waals surface area (Å²) < 4.78 is 0. The average molecular weight is 317 g/mol. The van der Waals surface area contributed by atoms with Crippen molar-refractivity contribution in [1.29, 1.82) is 0 Å². The Hall–Kier alpha value is -2.18. The molecule has 1 aromatic rings. The van der Waals surface area contributed by atoms with E-state index >= 15 is 0 Å². The van der Waals surface area contributed by atoms with Gasteiger partial charge in [-0.1, -0.05) is 36.4 Å². The molecule has 0 saturated heterocycles. The van der Waals surface area contributed by atoms with Gasteiger partial charge < -0.3 is 21.5 Å². The summed E-state index contributed by atoms with van der Waals surface area (Å²) in [4.78, 5) is 22.6.